The van der Waals surface area contributed by atoms with Gasteiger partial charge in [0.2, 0.25) is 0 Å². The van der Waals surface area contributed by atoms with Gasteiger partial charge < -0.3 is 0 Å². The van der Waals surface area contributed by atoms with Crippen LogP contribution in [0.25, 0.3) is 0 Å². The second-order valence-electron chi connectivity index (χ2n) is 4.93. The van der Waals surface area contributed by atoms with E-state index in [1.807, 2.05) is 0 Å². The van der Waals surface area contributed by atoms with Crippen molar-refractivity contribution in [2.24, 2.45) is 0 Å². The van der Waals surface area contributed by atoms with Crippen molar-refractivity contribution in [2.45, 2.75) is 57.7 Å². The molecule has 2 atom stereocenters. The highest BCUT2D eigenvalue weighted by Gasteiger charge is 2.39. The molecule has 2 unspecified atom stereocenters. The van der Waals surface area contributed by atoms with Crippen molar-refractivity contribution in [2.75, 3.05) is 13.7 Å². The Hall–Kier alpha value is -0.0800. The van der Waals surface area contributed by atoms with E-state index in [2.05, 4.69) is 30.7 Å². The molecule has 13 heavy (non-hydrogen) atoms. The van der Waals surface area contributed by atoms with Gasteiger partial charge in [-0.3, -0.25) is 9.80 Å². The number of likely N-dealkylation sites (N-methyl/N-ethyl adjacent to an activating group) is 1. The third-order valence-corrected chi connectivity index (χ3v) is 3.74. The first kappa shape index (κ1) is 9.47. The minimum absolute atomic E-state index is 0.718. The van der Waals surface area contributed by atoms with Crippen LogP contribution in [0.4, 0.5) is 0 Å². The highest BCUT2D eigenvalue weighted by molar-refractivity contribution is 4.94. The zero-order valence-electron chi connectivity index (χ0n) is 9.16. The fourth-order valence-electron chi connectivity index (χ4n) is 3.01. The van der Waals surface area contributed by atoms with E-state index in [0.29, 0.717) is 0 Å². The second kappa shape index (κ2) is 3.58. The van der Waals surface area contributed by atoms with Gasteiger partial charge in [-0.1, -0.05) is 12.8 Å². The Morgan fingerprint density at radius 1 is 1.08 bits per heavy atom. The summed E-state index contributed by atoms with van der Waals surface area (Å²) >= 11 is 0. The second-order valence-corrected chi connectivity index (χ2v) is 4.93. The molecular weight excluding hydrogens is 160 g/mol. The highest BCUT2D eigenvalue weighted by Crippen LogP contribution is 2.32. The zero-order chi connectivity index (χ0) is 9.42. The van der Waals surface area contributed by atoms with E-state index in [4.69, 9.17) is 0 Å². The maximum Gasteiger partial charge on any atom is 0.0512 e. The Bertz CT molecular complexity index is 179. The highest BCUT2D eigenvalue weighted by atomic mass is 15.4. The number of nitrogens with zero attached hydrogens (tertiary/aromatic N) is 2. The predicted octanol–water partition coefficient (Wildman–Crippen LogP) is 1.91. The summed E-state index contributed by atoms with van der Waals surface area (Å²) in [4.78, 5) is 5.22. The van der Waals surface area contributed by atoms with Crippen LogP contribution in [0.2, 0.25) is 0 Å². The van der Waals surface area contributed by atoms with Crippen LogP contribution in [-0.4, -0.2) is 41.6 Å². The molecule has 2 nitrogen and oxygen atoms in total. The molecule has 0 amide bonds. The summed E-state index contributed by atoms with van der Waals surface area (Å²) in [5.41, 5.74) is 0. The van der Waals surface area contributed by atoms with Crippen molar-refractivity contribution >= 4 is 0 Å². The van der Waals surface area contributed by atoms with Crippen LogP contribution in [-0.2, 0) is 0 Å². The van der Waals surface area contributed by atoms with Crippen LogP contribution in [0.1, 0.15) is 39.5 Å². The quantitative estimate of drug-likeness (QED) is 0.611. The van der Waals surface area contributed by atoms with Gasteiger partial charge in [-0.15, -0.1) is 0 Å². The van der Waals surface area contributed by atoms with Crippen LogP contribution in [0.15, 0.2) is 0 Å². The van der Waals surface area contributed by atoms with Crippen LogP contribution in [0, 0.1) is 0 Å². The van der Waals surface area contributed by atoms with Crippen LogP contribution in [0.5, 0.6) is 0 Å². The van der Waals surface area contributed by atoms with Gasteiger partial charge in [0.05, 0.1) is 6.67 Å². The first-order valence-corrected chi connectivity index (χ1v) is 5.66. The van der Waals surface area contributed by atoms with Gasteiger partial charge in [-0.25, -0.2) is 0 Å². The summed E-state index contributed by atoms with van der Waals surface area (Å²) in [5.74, 6) is 0. The van der Waals surface area contributed by atoms with Crippen molar-refractivity contribution in [3.05, 3.63) is 0 Å². The largest absolute Gasteiger partial charge is 0.289 e. The molecule has 1 aliphatic heterocycles. The van der Waals surface area contributed by atoms with Crippen molar-refractivity contribution in [1.82, 2.24) is 9.80 Å². The number of hydrogen-bond acceptors (Lipinski definition) is 2. The van der Waals surface area contributed by atoms with Gasteiger partial charge in [0.25, 0.3) is 0 Å². The van der Waals surface area contributed by atoms with Crippen LogP contribution in [0.3, 0.4) is 0 Å². The molecule has 2 heteroatoms. The molecule has 2 fully saturated rings. The number of rotatable bonds is 1. The van der Waals surface area contributed by atoms with Crippen LogP contribution < -0.4 is 0 Å². The molecule has 1 aliphatic carbocycles. The lowest BCUT2D eigenvalue weighted by molar-refractivity contribution is 0.169. The fraction of sp³-hybridized carbons (Fsp3) is 1.00. The van der Waals surface area contributed by atoms with E-state index in [1.54, 1.807) is 0 Å². The monoisotopic (exact) mass is 182 g/mol. The first-order valence-electron chi connectivity index (χ1n) is 5.66. The lowest BCUT2D eigenvalue weighted by Crippen LogP contribution is -2.41. The average Bonchev–Trinajstić information content (AvgIpc) is 2.45. The predicted molar refractivity (Wildman–Crippen MR) is 55.6 cm³/mol. The molecule has 1 heterocycles. The number of fused-ring (bicyclic) bond motifs is 1. The molecule has 76 valence electrons. The van der Waals surface area contributed by atoms with E-state index >= 15 is 0 Å². The zero-order valence-corrected chi connectivity index (χ0v) is 9.16. The molecule has 0 N–H and O–H groups in total. The lowest BCUT2D eigenvalue weighted by Gasteiger charge is -2.33. The summed E-state index contributed by atoms with van der Waals surface area (Å²) in [7, 11) is 2.28. The lowest BCUT2D eigenvalue weighted by atomic mass is 9.90. The van der Waals surface area contributed by atoms with E-state index in [9.17, 15) is 0 Å². The summed E-state index contributed by atoms with van der Waals surface area (Å²) in [6, 6.07) is 2.44. The average molecular weight is 182 g/mol. The smallest absolute Gasteiger partial charge is 0.0512 e. The number of hydrogen-bond donors (Lipinski definition) is 0. The van der Waals surface area contributed by atoms with Crippen LogP contribution >= 0.6 is 0 Å². The molecule has 1 saturated carbocycles. The maximum atomic E-state index is 2.67. The molecule has 0 spiro atoms. The molecule has 0 bridgehead atoms. The molecule has 0 aromatic rings. The van der Waals surface area contributed by atoms with Crippen molar-refractivity contribution in [1.29, 1.82) is 0 Å². The summed E-state index contributed by atoms with van der Waals surface area (Å²) in [6.07, 6.45) is 5.73. The Morgan fingerprint density at radius 2 is 1.69 bits per heavy atom. The Balaban J connectivity index is 2.08. The van der Waals surface area contributed by atoms with E-state index in [-0.39, 0.29) is 0 Å². The molecule has 2 aliphatic rings. The van der Waals surface area contributed by atoms with Gasteiger partial charge >= 0.3 is 0 Å². The van der Waals surface area contributed by atoms with Gasteiger partial charge in [0.15, 0.2) is 0 Å². The maximum absolute atomic E-state index is 2.67. The van der Waals surface area contributed by atoms with Gasteiger partial charge in [-0.05, 0) is 33.7 Å². The van der Waals surface area contributed by atoms with Crippen molar-refractivity contribution in [3.8, 4) is 0 Å². The minimum atomic E-state index is 0.718. The van der Waals surface area contributed by atoms with Crippen molar-refractivity contribution < 1.29 is 0 Å². The SMILES string of the molecule is CC(C)N1CN(C)C2CCCCC21. The molecular formula is C11H22N2. The van der Waals surface area contributed by atoms with Gasteiger partial charge in [-0.2, -0.15) is 0 Å². The Morgan fingerprint density at radius 3 is 2.31 bits per heavy atom. The van der Waals surface area contributed by atoms with Gasteiger partial charge in [0.1, 0.15) is 0 Å². The first-order chi connectivity index (χ1) is 6.20. The van der Waals surface area contributed by atoms with Gasteiger partial charge in [0, 0.05) is 18.1 Å². The molecule has 2 rings (SSSR count). The normalized spacial score (nSPS) is 36.9. The minimum Gasteiger partial charge on any atom is -0.289 e. The molecule has 1 saturated heterocycles. The Labute approximate surface area is 81.9 Å². The fourth-order valence-corrected chi connectivity index (χ4v) is 3.01. The summed E-state index contributed by atoms with van der Waals surface area (Å²) in [5, 5.41) is 0. The molecule has 0 radical (unpaired) electrons. The van der Waals surface area contributed by atoms with E-state index < -0.39 is 0 Å². The van der Waals surface area contributed by atoms with Crippen molar-refractivity contribution in [3.63, 3.8) is 0 Å². The Kier molecular flexibility index (Phi) is 2.61. The standard InChI is InChI=1S/C11H22N2/c1-9(2)13-8-12(3)10-6-4-5-7-11(10)13/h9-11H,4-8H2,1-3H3. The molecule has 0 aromatic heterocycles. The van der Waals surface area contributed by atoms with E-state index in [1.165, 1.54) is 32.4 Å². The molecule has 0 aromatic carbocycles. The topological polar surface area (TPSA) is 6.48 Å². The summed E-state index contributed by atoms with van der Waals surface area (Å²) < 4.78 is 0. The summed E-state index contributed by atoms with van der Waals surface area (Å²) in [6.45, 7) is 5.84. The third kappa shape index (κ3) is 1.62. The van der Waals surface area contributed by atoms with E-state index in [0.717, 1.165) is 18.1 Å². The third-order valence-electron chi connectivity index (χ3n) is 3.74.